The van der Waals surface area contributed by atoms with Crippen LogP contribution in [0.1, 0.15) is 41.9 Å². The minimum absolute atomic E-state index is 0.0856. The van der Waals surface area contributed by atoms with Crippen molar-refractivity contribution in [2.45, 2.75) is 37.3 Å². The molecule has 3 aromatic rings. The molecule has 2 N–H and O–H groups in total. The zero-order chi connectivity index (χ0) is 28.9. The van der Waals surface area contributed by atoms with Crippen molar-refractivity contribution in [3.8, 4) is 11.1 Å². The van der Waals surface area contributed by atoms with Crippen molar-refractivity contribution in [3.05, 3.63) is 95.6 Å². The summed E-state index contributed by atoms with van der Waals surface area (Å²) in [5.74, 6) is -1.70. The first-order chi connectivity index (χ1) is 20.4. The fraction of sp³-hybridized carbons (Fsp3) is 0.382. The van der Waals surface area contributed by atoms with E-state index >= 15 is 0 Å². The van der Waals surface area contributed by atoms with Gasteiger partial charge in [0, 0.05) is 44.1 Å². The first-order valence-corrected chi connectivity index (χ1v) is 14.8. The standard InChI is InChI=1S/C34H35N3O5/c38-30(39)29-19-37(21-33(29)14-15-33)31(40)34(16-17-36(22-34)18-23-8-2-1-3-9-23)35-32(41)42-20-28-26-12-6-4-10-24(26)25-11-5-7-13-27(25)28/h1-13,28-29H,14-22H2,(H,35,41)(H,38,39). The highest BCUT2D eigenvalue weighted by molar-refractivity contribution is 5.92. The molecule has 4 aliphatic rings. The maximum atomic E-state index is 14.2. The Morgan fingerprint density at radius 1 is 0.857 bits per heavy atom. The molecule has 2 atom stereocenters. The van der Waals surface area contributed by atoms with Crippen molar-refractivity contribution in [1.82, 2.24) is 15.1 Å². The first-order valence-electron chi connectivity index (χ1n) is 14.8. The lowest BCUT2D eigenvalue weighted by atomic mass is 9.93. The van der Waals surface area contributed by atoms with Gasteiger partial charge in [0.2, 0.25) is 5.91 Å². The van der Waals surface area contributed by atoms with Gasteiger partial charge in [0.25, 0.3) is 0 Å². The highest BCUT2D eigenvalue weighted by Gasteiger charge is 2.61. The molecule has 0 radical (unpaired) electrons. The number of hydrogen-bond donors (Lipinski definition) is 2. The fourth-order valence-electron chi connectivity index (χ4n) is 7.46. The number of alkyl carbamates (subject to hydrolysis) is 1. The number of likely N-dealkylation sites (tertiary alicyclic amines) is 2. The van der Waals surface area contributed by atoms with Gasteiger partial charge in [0.1, 0.15) is 12.1 Å². The third kappa shape index (κ3) is 4.64. The summed E-state index contributed by atoms with van der Waals surface area (Å²) < 4.78 is 5.87. The van der Waals surface area contributed by atoms with E-state index in [4.69, 9.17) is 4.74 Å². The van der Waals surface area contributed by atoms with Crippen LogP contribution in [-0.4, -0.2) is 71.2 Å². The van der Waals surface area contributed by atoms with E-state index in [9.17, 15) is 19.5 Å². The maximum absolute atomic E-state index is 14.2. The largest absolute Gasteiger partial charge is 0.481 e. The molecule has 216 valence electrons. The van der Waals surface area contributed by atoms with Crippen LogP contribution in [0.15, 0.2) is 78.9 Å². The van der Waals surface area contributed by atoms with Gasteiger partial charge < -0.3 is 20.1 Å². The summed E-state index contributed by atoms with van der Waals surface area (Å²) in [6.07, 6.45) is 1.45. The highest BCUT2D eigenvalue weighted by Crippen LogP contribution is 2.56. The number of carboxylic acid groups (broad SMARTS) is 1. The average molecular weight is 566 g/mol. The van der Waals surface area contributed by atoms with Gasteiger partial charge in [-0.2, -0.15) is 0 Å². The summed E-state index contributed by atoms with van der Waals surface area (Å²) in [7, 11) is 0. The summed E-state index contributed by atoms with van der Waals surface area (Å²) in [5.41, 5.74) is 4.17. The monoisotopic (exact) mass is 565 g/mol. The van der Waals surface area contributed by atoms with Crippen LogP contribution < -0.4 is 5.32 Å². The Bertz CT molecular complexity index is 1490. The molecule has 1 saturated carbocycles. The summed E-state index contributed by atoms with van der Waals surface area (Å²) >= 11 is 0. The van der Waals surface area contributed by atoms with Crippen molar-refractivity contribution in [1.29, 1.82) is 0 Å². The fourth-order valence-corrected chi connectivity index (χ4v) is 7.46. The van der Waals surface area contributed by atoms with Crippen LogP contribution in [0, 0.1) is 11.3 Å². The Morgan fingerprint density at radius 3 is 2.12 bits per heavy atom. The Hall–Kier alpha value is -4.17. The first kappa shape index (κ1) is 26.7. The van der Waals surface area contributed by atoms with Crippen molar-refractivity contribution in [2.24, 2.45) is 11.3 Å². The van der Waals surface area contributed by atoms with Crippen LogP contribution >= 0.6 is 0 Å². The van der Waals surface area contributed by atoms with E-state index in [-0.39, 0.29) is 30.4 Å². The van der Waals surface area contributed by atoms with Crippen LogP contribution in [0.3, 0.4) is 0 Å². The molecule has 2 aliphatic carbocycles. The second kappa shape index (κ2) is 10.3. The van der Waals surface area contributed by atoms with Gasteiger partial charge in [-0.1, -0.05) is 78.9 Å². The normalized spacial score (nSPS) is 23.9. The molecular weight excluding hydrogens is 530 g/mol. The molecular formula is C34H35N3O5. The van der Waals surface area contributed by atoms with Gasteiger partial charge in [-0.15, -0.1) is 0 Å². The van der Waals surface area contributed by atoms with Crippen LogP contribution in [0.2, 0.25) is 0 Å². The maximum Gasteiger partial charge on any atom is 0.408 e. The van der Waals surface area contributed by atoms with Crippen molar-refractivity contribution < 1.29 is 24.2 Å². The molecule has 42 heavy (non-hydrogen) atoms. The van der Waals surface area contributed by atoms with E-state index in [0.29, 0.717) is 32.6 Å². The lowest BCUT2D eigenvalue weighted by molar-refractivity contribution is -0.143. The Kier molecular flexibility index (Phi) is 6.54. The molecule has 2 saturated heterocycles. The number of fused-ring (bicyclic) bond motifs is 3. The number of carboxylic acids is 1. The number of hydrogen-bond acceptors (Lipinski definition) is 5. The Balaban J connectivity index is 1.10. The summed E-state index contributed by atoms with van der Waals surface area (Å²) in [6, 6.07) is 26.4. The number of nitrogens with zero attached hydrogens (tertiary/aromatic N) is 2. The predicted octanol–water partition coefficient (Wildman–Crippen LogP) is 4.49. The molecule has 1 spiro atoms. The third-order valence-corrected chi connectivity index (χ3v) is 9.82. The molecule has 0 bridgehead atoms. The van der Waals surface area contributed by atoms with Gasteiger partial charge in [-0.25, -0.2) is 4.79 Å². The van der Waals surface area contributed by atoms with E-state index in [1.54, 1.807) is 4.90 Å². The molecule has 7 rings (SSSR count). The SMILES string of the molecule is O=C(NC1(C(=O)N2CC(C(=O)O)C3(CC3)C2)CCN(Cc2ccccc2)C1)OCC1c2ccccc2-c2ccccc21. The van der Waals surface area contributed by atoms with Gasteiger partial charge in [0.15, 0.2) is 0 Å². The lowest BCUT2D eigenvalue weighted by Gasteiger charge is -2.33. The summed E-state index contributed by atoms with van der Waals surface area (Å²) in [6.45, 7) is 2.39. The second-order valence-electron chi connectivity index (χ2n) is 12.4. The quantitative estimate of drug-likeness (QED) is 0.438. The molecule has 3 aromatic carbocycles. The van der Waals surface area contributed by atoms with Gasteiger partial charge in [-0.05, 0) is 47.1 Å². The molecule has 2 unspecified atom stereocenters. The number of rotatable bonds is 7. The molecule has 0 aromatic heterocycles. The van der Waals surface area contributed by atoms with Crippen molar-refractivity contribution in [2.75, 3.05) is 32.8 Å². The average Bonchev–Trinajstić information content (AvgIpc) is 3.34. The summed E-state index contributed by atoms with van der Waals surface area (Å²) in [5, 5.41) is 12.9. The minimum Gasteiger partial charge on any atom is -0.481 e. The van der Waals surface area contributed by atoms with Gasteiger partial charge >= 0.3 is 12.1 Å². The highest BCUT2D eigenvalue weighted by atomic mass is 16.5. The van der Waals surface area contributed by atoms with Gasteiger partial charge in [-0.3, -0.25) is 14.5 Å². The van der Waals surface area contributed by atoms with Crippen LogP contribution in [0.25, 0.3) is 11.1 Å². The Morgan fingerprint density at radius 2 is 1.50 bits per heavy atom. The van der Waals surface area contributed by atoms with Crippen LogP contribution in [-0.2, 0) is 20.9 Å². The number of ether oxygens (including phenoxy) is 1. The molecule has 8 nitrogen and oxygen atoms in total. The summed E-state index contributed by atoms with van der Waals surface area (Å²) in [4.78, 5) is 43.5. The zero-order valence-corrected chi connectivity index (χ0v) is 23.5. The smallest absolute Gasteiger partial charge is 0.408 e. The van der Waals surface area contributed by atoms with E-state index in [2.05, 4.69) is 46.6 Å². The molecule has 2 aliphatic heterocycles. The number of aliphatic carboxylic acids is 1. The number of amides is 2. The van der Waals surface area contributed by atoms with Crippen LogP contribution in [0.4, 0.5) is 4.79 Å². The van der Waals surface area contributed by atoms with Crippen LogP contribution in [0.5, 0.6) is 0 Å². The zero-order valence-electron chi connectivity index (χ0n) is 23.5. The molecule has 3 fully saturated rings. The lowest BCUT2D eigenvalue weighted by Crippen LogP contribution is -2.61. The number of carbonyl (C=O) groups is 3. The minimum atomic E-state index is -1.18. The van der Waals surface area contributed by atoms with Crippen molar-refractivity contribution >= 4 is 18.0 Å². The topological polar surface area (TPSA) is 99.2 Å². The Labute approximate surface area is 245 Å². The number of nitrogens with one attached hydrogen (secondary N) is 1. The van der Waals surface area contributed by atoms with Crippen molar-refractivity contribution in [3.63, 3.8) is 0 Å². The van der Waals surface area contributed by atoms with E-state index in [1.807, 2.05) is 42.5 Å². The molecule has 8 heteroatoms. The third-order valence-electron chi connectivity index (χ3n) is 9.82. The van der Waals surface area contributed by atoms with E-state index in [1.165, 1.54) is 0 Å². The van der Waals surface area contributed by atoms with Gasteiger partial charge in [0.05, 0.1) is 5.92 Å². The predicted molar refractivity (Wildman–Crippen MR) is 157 cm³/mol. The number of carbonyl (C=O) groups excluding carboxylic acids is 2. The van der Waals surface area contributed by atoms with E-state index in [0.717, 1.165) is 40.7 Å². The molecule has 2 amide bonds. The number of benzene rings is 3. The van der Waals surface area contributed by atoms with E-state index < -0.39 is 23.5 Å². The molecule has 2 heterocycles. The second-order valence-corrected chi connectivity index (χ2v) is 12.4.